The third kappa shape index (κ3) is 3.52. The highest BCUT2D eigenvalue weighted by Gasteiger charge is 2.08. The Morgan fingerprint density at radius 1 is 1.20 bits per heavy atom. The first kappa shape index (κ1) is 14.0. The molecule has 0 saturated heterocycles. The Kier molecular flexibility index (Phi) is 4.62. The molecule has 3 heteroatoms. The highest BCUT2D eigenvalue weighted by atomic mass is 16.5. The third-order valence-corrected chi connectivity index (χ3v) is 3.12. The van der Waals surface area contributed by atoms with Crippen LogP contribution in [-0.4, -0.2) is 13.2 Å². The summed E-state index contributed by atoms with van der Waals surface area (Å²) >= 11 is 0. The molecule has 0 radical (unpaired) electrons. The lowest BCUT2D eigenvalue weighted by Crippen LogP contribution is -2.18. The van der Waals surface area contributed by atoms with Gasteiger partial charge in [0.2, 0.25) is 0 Å². The van der Waals surface area contributed by atoms with E-state index in [1.165, 1.54) is 5.56 Å². The lowest BCUT2D eigenvalue weighted by molar-refractivity contribution is 0.416. The van der Waals surface area contributed by atoms with Crippen molar-refractivity contribution >= 4 is 5.69 Å². The fourth-order valence-corrected chi connectivity index (χ4v) is 2.16. The maximum atomic E-state index is 8.90. The first-order valence-electron chi connectivity index (χ1n) is 6.61. The van der Waals surface area contributed by atoms with E-state index in [0.29, 0.717) is 11.3 Å². The van der Waals surface area contributed by atoms with E-state index < -0.39 is 0 Å². The monoisotopic (exact) mass is 266 g/mol. The number of hydrogen-bond donors (Lipinski definition) is 1. The minimum atomic E-state index is 0.277. The lowest BCUT2D eigenvalue weighted by atomic mass is 10.1. The molecule has 20 heavy (non-hydrogen) atoms. The minimum Gasteiger partial charge on any atom is -0.495 e. The number of nitrogens with one attached hydrogen (secondary N) is 1. The van der Waals surface area contributed by atoms with E-state index >= 15 is 0 Å². The van der Waals surface area contributed by atoms with Crippen LogP contribution in [0.4, 0.5) is 5.69 Å². The minimum absolute atomic E-state index is 0.277. The second kappa shape index (κ2) is 6.63. The van der Waals surface area contributed by atoms with Gasteiger partial charge >= 0.3 is 0 Å². The van der Waals surface area contributed by atoms with E-state index in [2.05, 4.69) is 30.4 Å². The van der Waals surface area contributed by atoms with Gasteiger partial charge in [-0.2, -0.15) is 5.26 Å². The fourth-order valence-electron chi connectivity index (χ4n) is 2.16. The maximum Gasteiger partial charge on any atom is 0.143 e. The molecule has 0 heterocycles. The number of anilines is 1. The summed E-state index contributed by atoms with van der Waals surface area (Å²) in [5.41, 5.74) is 2.80. The molecule has 2 aromatic rings. The van der Waals surface area contributed by atoms with Crippen molar-refractivity contribution in [3.63, 3.8) is 0 Å². The summed E-state index contributed by atoms with van der Waals surface area (Å²) in [7, 11) is 1.61. The quantitative estimate of drug-likeness (QED) is 0.899. The van der Waals surface area contributed by atoms with Crippen molar-refractivity contribution in [2.75, 3.05) is 12.4 Å². The summed E-state index contributed by atoms with van der Waals surface area (Å²) in [6, 6.07) is 18.2. The van der Waals surface area contributed by atoms with Crippen LogP contribution in [0.25, 0.3) is 0 Å². The molecule has 0 aromatic heterocycles. The van der Waals surface area contributed by atoms with Gasteiger partial charge in [-0.3, -0.25) is 0 Å². The van der Waals surface area contributed by atoms with Crippen LogP contribution in [0, 0.1) is 11.3 Å². The second-order valence-corrected chi connectivity index (χ2v) is 4.76. The van der Waals surface area contributed by atoms with Crippen LogP contribution in [0.2, 0.25) is 0 Å². The van der Waals surface area contributed by atoms with E-state index in [9.17, 15) is 0 Å². The zero-order chi connectivity index (χ0) is 14.4. The molecule has 102 valence electrons. The molecule has 0 spiro atoms. The van der Waals surface area contributed by atoms with Crippen molar-refractivity contribution in [1.82, 2.24) is 0 Å². The van der Waals surface area contributed by atoms with E-state index in [1.807, 2.05) is 24.3 Å². The average molecular weight is 266 g/mol. The van der Waals surface area contributed by atoms with Gasteiger partial charge in [-0.1, -0.05) is 30.3 Å². The smallest absolute Gasteiger partial charge is 0.143 e. The van der Waals surface area contributed by atoms with Crippen molar-refractivity contribution in [3.05, 3.63) is 59.7 Å². The average Bonchev–Trinajstić information content (AvgIpc) is 2.48. The Labute approximate surface area is 119 Å². The highest BCUT2D eigenvalue weighted by Crippen LogP contribution is 2.26. The molecule has 0 aliphatic heterocycles. The van der Waals surface area contributed by atoms with Crippen LogP contribution in [-0.2, 0) is 6.42 Å². The largest absolute Gasteiger partial charge is 0.495 e. The van der Waals surface area contributed by atoms with Gasteiger partial charge in [0.15, 0.2) is 0 Å². The standard InChI is InChI=1S/C17H18N2O/c1-13(10-14-6-4-3-5-7-14)19-16-9-8-15(12-18)11-17(16)20-2/h3-9,11,13,19H,10H2,1-2H3. The summed E-state index contributed by atoms with van der Waals surface area (Å²) < 4.78 is 5.33. The van der Waals surface area contributed by atoms with Gasteiger partial charge in [0.05, 0.1) is 24.4 Å². The topological polar surface area (TPSA) is 45.0 Å². The van der Waals surface area contributed by atoms with Gasteiger partial charge in [0.1, 0.15) is 5.75 Å². The van der Waals surface area contributed by atoms with Gasteiger partial charge in [-0.05, 0) is 31.0 Å². The van der Waals surface area contributed by atoms with Crippen LogP contribution in [0.3, 0.4) is 0 Å². The van der Waals surface area contributed by atoms with Gasteiger partial charge < -0.3 is 10.1 Å². The zero-order valence-corrected chi connectivity index (χ0v) is 11.8. The molecule has 3 nitrogen and oxygen atoms in total. The Bertz CT molecular complexity index is 602. The van der Waals surface area contributed by atoms with Crippen molar-refractivity contribution in [2.45, 2.75) is 19.4 Å². The van der Waals surface area contributed by atoms with Crippen LogP contribution in [0.5, 0.6) is 5.75 Å². The van der Waals surface area contributed by atoms with Crippen molar-refractivity contribution < 1.29 is 4.74 Å². The lowest BCUT2D eigenvalue weighted by Gasteiger charge is -2.17. The summed E-state index contributed by atoms with van der Waals surface area (Å²) in [5, 5.41) is 12.3. The molecule has 0 saturated carbocycles. The predicted molar refractivity (Wildman–Crippen MR) is 80.9 cm³/mol. The molecular weight excluding hydrogens is 248 g/mol. The highest BCUT2D eigenvalue weighted by molar-refractivity contribution is 5.60. The molecule has 2 rings (SSSR count). The number of hydrogen-bond acceptors (Lipinski definition) is 3. The Morgan fingerprint density at radius 3 is 2.60 bits per heavy atom. The van der Waals surface area contributed by atoms with E-state index in [4.69, 9.17) is 10.00 Å². The summed E-state index contributed by atoms with van der Waals surface area (Å²) in [6.07, 6.45) is 0.935. The predicted octanol–water partition coefficient (Wildman–Crippen LogP) is 3.61. The number of benzene rings is 2. The number of ether oxygens (including phenoxy) is 1. The van der Waals surface area contributed by atoms with Crippen molar-refractivity contribution in [1.29, 1.82) is 5.26 Å². The summed E-state index contributed by atoms with van der Waals surface area (Å²) in [5.74, 6) is 0.698. The molecule has 0 aliphatic rings. The third-order valence-electron chi connectivity index (χ3n) is 3.12. The zero-order valence-electron chi connectivity index (χ0n) is 11.8. The van der Waals surface area contributed by atoms with Crippen molar-refractivity contribution in [2.24, 2.45) is 0 Å². The van der Waals surface area contributed by atoms with Gasteiger partial charge in [0.25, 0.3) is 0 Å². The van der Waals surface area contributed by atoms with Crippen molar-refractivity contribution in [3.8, 4) is 11.8 Å². The molecule has 2 aromatic carbocycles. The van der Waals surface area contributed by atoms with Crippen LogP contribution >= 0.6 is 0 Å². The van der Waals surface area contributed by atoms with E-state index in [-0.39, 0.29) is 6.04 Å². The molecule has 0 bridgehead atoms. The van der Waals surface area contributed by atoms with E-state index in [1.54, 1.807) is 19.2 Å². The number of methoxy groups -OCH3 is 1. The van der Waals surface area contributed by atoms with E-state index in [0.717, 1.165) is 12.1 Å². The number of nitriles is 1. The number of rotatable bonds is 5. The van der Waals surface area contributed by atoms with Gasteiger partial charge in [-0.25, -0.2) is 0 Å². The summed E-state index contributed by atoms with van der Waals surface area (Å²) in [6.45, 7) is 2.13. The summed E-state index contributed by atoms with van der Waals surface area (Å²) in [4.78, 5) is 0. The fraction of sp³-hybridized carbons (Fsp3) is 0.235. The molecule has 1 unspecified atom stereocenters. The second-order valence-electron chi connectivity index (χ2n) is 4.76. The van der Waals surface area contributed by atoms with Gasteiger partial charge in [-0.15, -0.1) is 0 Å². The Balaban J connectivity index is 2.08. The molecule has 0 aliphatic carbocycles. The molecule has 1 N–H and O–H groups in total. The molecule has 1 atom stereocenters. The molecule has 0 amide bonds. The van der Waals surface area contributed by atoms with Crippen LogP contribution in [0.1, 0.15) is 18.1 Å². The first-order chi connectivity index (χ1) is 9.72. The molecule has 0 fully saturated rings. The van der Waals surface area contributed by atoms with Crippen LogP contribution in [0.15, 0.2) is 48.5 Å². The Morgan fingerprint density at radius 2 is 1.95 bits per heavy atom. The molecular formula is C17H18N2O. The Hall–Kier alpha value is -2.47. The maximum absolute atomic E-state index is 8.90. The normalized spacial score (nSPS) is 11.4. The number of nitrogens with zero attached hydrogens (tertiary/aromatic N) is 1. The van der Waals surface area contributed by atoms with Crippen LogP contribution < -0.4 is 10.1 Å². The first-order valence-corrected chi connectivity index (χ1v) is 6.61. The SMILES string of the molecule is COc1cc(C#N)ccc1NC(C)Cc1ccccc1. The van der Waals surface area contributed by atoms with Gasteiger partial charge in [0, 0.05) is 12.1 Å².